The first-order valence-electron chi connectivity index (χ1n) is 11.1. The van der Waals surface area contributed by atoms with Gasteiger partial charge in [0.2, 0.25) is 10.0 Å². The Morgan fingerprint density at radius 3 is 2.47 bits per heavy atom. The van der Waals surface area contributed by atoms with Crippen molar-refractivity contribution in [3.8, 4) is 11.5 Å². The smallest absolute Gasteiger partial charge is 0.490 e. The zero-order valence-electron chi connectivity index (χ0n) is 18.5. The lowest BCUT2D eigenvalue weighted by Gasteiger charge is -2.23. The highest BCUT2D eigenvalue weighted by molar-refractivity contribution is 7.89. The molecule has 1 N–H and O–H groups in total. The average Bonchev–Trinajstić information content (AvgIpc) is 3.21. The van der Waals surface area contributed by atoms with Gasteiger partial charge in [0.25, 0.3) is 0 Å². The fourth-order valence-corrected chi connectivity index (χ4v) is 5.41. The Labute approximate surface area is 196 Å². The fourth-order valence-electron chi connectivity index (χ4n) is 4.12. The predicted molar refractivity (Wildman–Crippen MR) is 118 cm³/mol. The molecule has 34 heavy (non-hydrogen) atoms. The van der Waals surface area contributed by atoms with E-state index in [2.05, 4.69) is 14.4 Å². The number of halogens is 3. The van der Waals surface area contributed by atoms with Crippen LogP contribution in [-0.4, -0.2) is 58.1 Å². The van der Waals surface area contributed by atoms with Crippen LogP contribution in [0.15, 0.2) is 53.4 Å². The summed E-state index contributed by atoms with van der Waals surface area (Å²) in [6.45, 7) is 3.29. The van der Waals surface area contributed by atoms with Gasteiger partial charge in [-0.15, -0.1) is 13.2 Å². The summed E-state index contributed by atoms with van der Waals surface area (Å²) < 4.78 is 80.4. The van der Waals surface area contributed by atoms with E-state index in [-0.39, 0.29) is 17.0 Å². The number of nitrogens with one attached hydrogen (secondary N) is 1. The zero-order chi connectivity index (χ0) is 24.2. The number of ether oxygens (including phenoxy) is 3. The van der Waals surface area contributed by atoms with Gasteiger partial charge in [-0.25, -0.2) is 13.1 Å². The van der Waals surface area contributed by atoms with E-state index in [1.165, 1.54) is 12.1 Å². The molecule has 11 heteroatoms. The van der Waals surface area contributed by atoms with E-state index in [1.54, 1.807) is 0 Å². The van der Waals surface area contributed by atoms with E-state index in [9.17, 15) is 21.6 Å². The van der Waals surface area contributed by atoms with Crippen LogP contribution >= 0.6 is 0 Å². The second kappa shape index (κ2) is 10.5. The largest absolute Gasteiger partial charge is 0.573 e. The van der Waals surface area contributed by atoms with Crippen LogP contribution in [0.4, 0.5) is 13.2 Å². The second-order valence-electron chi connectivity index (χ2n) is 8.44. The molecule has 7 nitrogen and oxygen atoms in total. The summed E-state index contributed by atoms with van der Waals surface area (Å²) in [5.41, 5.74) is 1.08. The van der Waals surface area contributed by atoms with Gasteiger partial charge in [-0.05, 0) is 36.2 Å². The van der Waals surface area contributed by atoms with Crippen LogP contribution in [0.1, 0.15) is 24.8 Å². The maximum atomic E-state index is 12.7. The van der Waals surface area contributed by atoms with Crippen molar-refractivity contribution in [3.63, 3.8) is 0 Å². The number of likely N-dealkylation sites (tertiary alicyclic amines) is 1. The third-order valence-corrected chi connectivity index (χ3v) is 7.26. The molecule has 0 amide bonds. The van der Waals surface area contributed by atoms with Gasteiger partial charge in [-0.3, -0.25) is 4.90 Å². The van der Waals surface area contributed by atoms with Crippen LogP contribution < -0.4 is 14.2 Å². The number of nitrogens with zero attached hydrogens (tertiary/aromatic N) is 1. The third kappa shape index (κ3) is 7.08. The normalized spacial score (nSPS) is 20.4. The van der Waals surface area contributed by atoms with E-state index < -0.39 is 22.1 Å². The summed E-state index contributed by atoms with van der Waals surface area (Å²) in [5, 5.41) is 0. The van der Waals surface area contributed by atoms with E-state index >= 15 is 0 Å². The Balaban J connectivity index is 1.29. The number of hydrogen-bond acceptors (Lipinski definition) is 6. The molecule has 4 rings (SSSR count). The summed E-state index contributed by atoms with van der Waals surface area (Å²) in [5.74, 6) is 0.243. The van der Waals surface area contributed by atoms with Crippen LogP contribution in [-0.2, 0) is 21.3 Å². The van der Waals surface area contributed by atoms with Crippen LogP contribution in [0.2, 0.25) is 0 Å². The van der Waals surface area contributed by atoms with Crippen molar-refractivity contribution in [3.05, 3.63) is 54.1 Å². The van der Waals surface area contributed by atoms with Crippen LogP contribution in [0.25, 0.3) is 0 Å². The van der Waals surface area contributed by atoms with Crippen molar-refractivity contribution in [1.82, 2.24) is 9.62 Å². The second-order valence-corrected chi connectivity index (χ2v) is 10.2. The number of hydrogen-bond donors (Lipinski definition) is 1. The molecule has 0 bridgehead atoms. The molecule has 2 aliphatic heterocycles. The SMILES string of the molecule is O=S(=O)(N[C@@H]1CCN(Cc2ccc(OC3CCOCC3)cc2)C1)c1cccc(OC(F)(F)F)c1. The van der Waals surface area contributed by atoms with Crippen LogP contribution in [0.3, 0.4) is 0 Å². The molecule has 186 valence electrons. The monoisotopic (exact) mass is 500 g/mol. The van der Waals surface area contributed by atoms with Gasteiger partial charge < -0.3 is 14.2 Å². The van der Waals surface area contributed by atoms with Gasteiger partial charge in [-0.1, -0.05) is 18.2 Å². The van der Waals surface area contributed by atoms with E-state index in [0.717, 1.165) is 49.5 Å². The highest BCUT2D eigenvalue weighted by Crippen LogP contribution is 2.26. The van der Waals surface area contributed by atoms with E-state index in [1.807, 2.05) is 24.3 Å². The van der Waals surface area contributed by atoms with Gasteiger partial charge in [0.05, 0.1) is 18.1 Å². The number of sulfonamides is 1. The summed E-state index contributed by atoms with van der Waals surface area (Å²) in [7, 11) is -3.99. The van der Waals surface area contributed by atoms with Gasteiger partial charge >= 0.3 is 6.36 Å². The minimum absolute atomic E-state index is 0.174. The molecular weight excluding hydrogens is 473 g/mol. The first-order valence-corrected chi connectivity index (χ1v) is 12.6. The molecular formula is C23H27F3N2O5S. The zero-order valence-corrected chi connectivity index (χ0v) is 19.3. The highest BCUT2D eigenvalue weighted by Gasteiger charge is 2.32. The maximum absolute atomic E-state index is 12.7. The standard InChI is InChI=1S/C23H27F3N2O5S/c24-23(25,26)33-21-2-1-3-22(14-21)34(29,30)27-18-8-11-28(16-18)15-17-4-6-19(7-5-17)32-20-9-12-31-13-10-20/h1-7,14,18,20,27H,8-13,15-16H2/t18-/m1/s1. The van der Waals surface area contributed by atoms with E-state index in [4.69, 9.17) is 9.47 Å². The molecule has 0 spiro atoms. The molecule has 0 saturated carbocycles. The van der Waals surface area contributed by atoms with Crippen molar-refractivity contribution in [1.29, 1.82) is 0 Å². The highest BCUT2D eigenvalue weighted by atomic mass is 32.2. The quantitative estimate of drug-likeness (QED) is 0.596. The molecule has 2 saturated heterocycles. The lowest BCUT2D eigenvalue weighted by Crippen LogP contribution is -2.37. The van der Waals surface area contributed by atoms with Crippen molar-refractivity contribution in [2.45, 2.75) is 49.2 Å². The lowest BCUT2D eigenvalue weighted by molar-refractivity contribution is -0.274. The maximum Gasteiger partial charge on any atom is 0.573 e. The lowest BCUT2D eigenvalue weighted by atomic mass is 10.1. The Kier molecular flexibility index (Phi) is 7.66. The number of alkyl halides is 3. The first kappa shape index (κ1) is 24.8. The summed E-state index contributed by atoms with van der Waals surface area (Å²) in [4.78, 5) is 1.86. The van der Waals surface area contributed by atoms with Crippen LogP contribution in [0.5, 0.6) is 11.5 Å². The molecule has 2 aromatic carbocycles. The molecule has 2 heterocycles. The van der Waals surface area contributed by atoms with Crippen molar-refractivity contribution in [2.24, 2.45) is 0 Å². The Morgan fingerprint density at radius 2 is 1.76 bits per heavy atom. The van der Waals surface area contributed by atoms with Gasteiger partial charge in [-0.2, -0.15) is 0 Å². The van der Waals surface area contributed by atoms with Gasteiger partial charge in [0.1, 0.15) is 17.6 Å². The third-order valence-electron chi connectivity index (χ3n) is 5.74. The molecule has 0 radical (unpaired) electrons. The summed E-state index contributed by atoms with van der Waals surface area (Å²) >= 11 is 0. The fraction of sp³-hybridized carbons (Fsp3) is 0.478. The van der Waals surface area contributed by atoms with Crippen molar-refractivity contribution in [2.75, 3.05) is 26.3 Å². The Bertz CT molecular complexity index is 1060. The van der Waals surface area contributed by atoms with Crippen molar-refractivity contribution >= 4 is 10.0 Å². The minimum atomic E-state index is -4.89. The Morgan fingerprint density at radius 1 is 1.03 bits per heavy atom. The average molecular weight is 501 g/mol. The topological polar surface area (TPSA) is 77.1 Å². The molecule has 2 fully saturated rings. The molecule has 2 aliphatic rings. The van der Waals surface area contributed by atoms with Crippen molar-refractivity contribution < 1.29 is 35.8 Å². The summed E-state index contributed by atoms with van der Waals surface area (Å²) in [6.07, 6.45) is -2.36. The summed E-state index contributed by atoms with van der Waals surface area (Å²) in [6, 6.07) is 11.9. The molecule has 1 atom stereocenters. The first-order chi connectivity index (χ1) is 16.2. The van der Waals surface area contributed by atoms with Gasteiger partial charge in [0, 0.05) is 44.6 Å². The molecule has 0 aliphatic carbocycles. The number of rotatable bonds is 8. The minimum Gasteiger partial charge on any atom is -0.490 e. The molecule has 2 aromatic rings. The van der Waals surface area contributed by atoms with E-state index in [0.29, 0.717) is 26.1 Å². The Hall–Kier alpha value is -2.34. The number of benzene rings is 2. The predicted octanol–water partition coefficient (Wildman–Crippen LogP) is 3.70. The van der Waals surface area contributed by atoms with Gasteiger partial charge in [0.15, 0.2) is 0 Å². The molecule has 0 unspecified atom stereocenters. The molecule has 0 aromatic heterocycles. The van der Waals surface area contributed by atoms with Crippen LogP contribution in [0, 0.1) is 0 Å².